The van der Waals surface area contributed by atoms with Crippen molar-refractivity contribution >= 4 is 11.5 Å². The molecule has 0 aromatic heterocycles. The van der Waals surface area contributed by atoms with E-state index in [0.717, 1.165) is 61.0 Å². The maximum atomic E-state index is 13.5. The van der Waals surface area contributed by atoms with E-state index in [4.69, 9.17) is 5.11 Å². The minimum Gasteiger partial charge on any atom is -0.381 e. The molecule has 0 saturated carbocycles. The number of hydrogen-bond donors (Lipinski definition) is 4. The van der Waals surface area contributed by atoms with Crippen molar-refractivity contribution < 1.29 is 23.1 Å². The third kappa shape index (κ3) is 6.54. The van der Waals surface area contributed by atoms with E-state index in [-0.39, 0.29) is 12.8 Å². The van der Waals surface area contributed by atoms with Crippen molar-refractivity contribution in [3.8, 4) is 0 Å². The first-order valence-electron chi connectivity index (χ1n) is 12.6. The van der Waals surface area contributed by atoms with Crippen LogP contribution in [0.1, 0.15) is 63.5 Å². The standard InChI is InChI=1S/C27H38F3N3O2/c1-3-20(33-18-34)12-15-31-14-7-6-13-26(25(35)32-17-27(28,29)30)23-9-5-4-8-21(23)22-16-19(2)10-11-24(22)26/h4-5,8-11,19-20,31,33-34H,3,6-7,12-18H2,1-2H3,(H,32,35). The van der Waals surface area contributed by atoms with Crippen LogP contribution in [0.5, 0.6) is 0 Å². The van der Waals surface area contributed by atoms with Gasteiger partial charge in [-0.05, 0) is 73.4 Å². The number of alkyl halides is 3. The highest BCUT2D eigenvalue weighted by Crippen LogP contribution is 2.53. The molecular weight excluding hydrogens is 455 g/mol. The summed E-state index contributed by atoms with van der Waals surface area (Å²) in [5.41, 5.74) is 2.63. The van der Waals surface area contributed by atoms with Crippen LogP contribution >= 0.6 is 0 Å². The van der Waals surface area contributed by atoms with E-state index < -0.39 is 24.0 Å². The topological polar surface area (TPSA) is 73.4 Å². The van der Waals surface area contributed by atoms with Crippen LogP contribution in [0.15, 0.2) is 42.0 Å². The van der Waals surface area contributed by atoms with Gasteiger partial charge < -0.3 is 15.7 Å². The maximum Gasteiger partial charge on any atom is 0.405 e. The van der Waals surface area contributed by atoms with E-state index in [1.54, 1.807) is 0 Å². The average molecular weight is 494 g/mol. The predicted octanol–water partition coefficient (Wildman–Crippen LogP) is 4.43. The number of amides is 1. The van der Waals surface area contributed by atoms with Crippen molar-refractivity contribution in [3.63, 3.8) is 0 Å². The molecule has 8 heteroatoms. The molecule has 1 aromatic rings. The summed E-state index contributed by atoms with van der Waals surface area (Å²) in [7, 11) is 0. The lowest BCUT2D eigenvalue weighted by Gasteiger charge is -2.33. The normalized spacial score (nSPS) is 22.2. The molecule has 3 rings (SSSR count). The van der Waals surface area contributed by atoms with Crippen molar-refractivity contribution in [2.75, 3.05) is 26.4 Å². The molecular formula is C27H38F3N3O2. The van der Waals surface area contributed by atoms with Crippen LogP contribution in [0, 0.1) is 5.92 Å². The summed E-state index contributed by atoms with van der Waals surface area (Å²) >= 11 is 0. The van der Waals surface area contributed by atoms with Crippen LogP contribution in [0.3, 0.4) is 0 Å². The Morgan fingerprint density at radius 1 is 1.23 bits per heavy atom. The van der Waals surface area contributed by atoms with Gasteiger partial charge in [0.15, 0.2) is 0 Å². The van der Waals surface area contributed by atoms with Gasteiger partial charge in [0.2, 0.25) is 5.91 Å². The largest absolute Gasteiger partial charge is 0.405 e. The van der Waals surface area contributed by atoms with Gasteiger partial charge in [0, 0.05) is 6.04 Å². The number of aliphatic hydroxyl groups excluding tert-OH is 1. The Bertz CT molecular complexity index is 928. The Balaban J connectivity index is 1.73. The summed E-state index contributed by atoms with van der Waals surface area (Å²) in [6.45, 7) is 4.37. The molecule has 3 unspecified atom stereocenters. The number of aliphatic hydroxyl groups is 1. The van der Waals surface area contributed by atoms with Gasteiger partial charge in [-0.15, -0.1) is 0 Å². The number of allylic oxidation sites excluding steroid dienone is 3. The highest BCUT2D eigenvalue weighted by Gasteiger charge is 2.50. The highest BCUT2D eigenvalue weighted by atomic mass is 19.4. The molecule has 0 heterocycles. The van der Waals surface area contributed by atoms with E-state index in [9.17, 15) is 18.0 Å². The fourth-order valence-corrected chi connectivity index (χ4v) is 5.36. The molecule has 1 aromatic carbocycles. The van der Waals surface area contributed by atoms with E-state index in [2.05, 4.69) is 35.9 Å². The van der Waals surface area contributed by atoms with Gasteiger partial charge in [-0.1, -0.05) is 56.7 Å². The second kappa shape index (κ2) is 12.2. The van der Waals surface area contributed by atoms with E-state index in [1.165, 1.54) is 0 Å². The molecule has 4 N–H and O–H groups in total. The third-order valence-electron chi connectivity index (χ3n) is 7.15. The molecule has 35 heavy (non-hydrogen) atoms. The summed E-state index contributed by atoms with van der Waals surface area (Å²) < 4.78 is 39.0. The van der Waals surface area contributed by atoms with Gasteiger partial charge in [0.25, 0.3) is 0 Å². The second-order valence-electron chi connectivity index (χ2n) is 9.64. The van der Waals surface area contributed by atoms with Crippen LogP contribution in [0.4, 0.5) is 13.2 Å². The number of hydrogen-bond acceptors (Lipinski definition) is 4. The fraction of sp³-hybridized carbons (Fsp3) is 0.593. The first-order chi connectivity index (χ1) is 16.7. The molecule has 0 bridgehead atoms. The van der Waals surface area contributed by atoms with Gasteiger partial charge in [0.1, 0.15) is 6.54 Å². The molecule has 194 valence electrons. The van der Waals surface area contributed by atoms with Crippen molar-refractivity contribution in [3.05, 3.63) is 53.1 Å². The SMILES string of the molecule is CCC(CCNCCCCC1(C(=O)NCC(F)(F)F)C2=C(CC(C)C=C2)c2ccccc21)NCO. The molecule has 2 aliphatic carbocycles. The smallest absolute Gasteiger partial charge is 0.381 e. The minimum absolute atomic E-state index is 0.0382. The molecule has 1 amide bonds. The fourth-order valence-electron chi connectivity index (χ4n) is 5.36. The molecule has 2 aliphatic rings. The Morgan fingerprint density at radius 2 is 2.00 bits per heavy atom. The summed E-state index contributed by atoms with van der Waals surface area (Å²) in [5, 5.41) is 17.7. The summed E-state index contributed by atoms with van der Waals surface area (Å²) in [6.07, 6.45) is 4.13. The molecule has 3 atom stereocenters. The number of unbranched alkanes of at least 4 members (excludes halogenated alkanes) is 1. The Morgan fingerprint density at radius 3 is 2.71 bits per heavy atom. The lowest BCUT2D eigenvalue weighted by molar-refractivity contribution is -0.141. The molecule has 5 nitrogen and oxygen atoms in total. The number of fused-ring (bicyclic) bond motifs is 2. The first-order valence-corrected chi connectivity index (χ1v) is 12.6. The van der Waals surface area contributed by atoms with E-state index >= 15 is 0 Å². The minimum atomic E-state index is -4.46. The zero-order valence-corrected chi connectivity index (χ0v) is 20.7. The Hall–Kier alpha value is -2.16. The van der Waals surface area contributed by atoms with Crippen LogP contribution < -0.4 is 16.0 Å². The predicted molar refractivity (Wildman–Crippen MR) is 133 cm³/mol. The van der Waals surface area contributed by atoms with Crippen LogP contribution in [-0.2, 0) is 10.2 Å². The molecule has 0 fully saturated rings. The second-order valence-corrected chi connectivity index (χ2v) is 9.64. The van der Waals surface area contributed by atoms with Crippen LogP contribution in [0.2, 0.25) is 0 Å². The zero-order chi connectivity index (χ0) is 25.5. The van der Waals surface area contributed by atoms with Crippen LogP contribution in [0.25, 0.3) is 5.57 Å². The van der Waals surface area contributed by atoms with Crippen molar-refractivity contribution in [2.45, 2.75) is 70.0 Å². The van der Waals surface area contributed by atoms with Gasteiger partial charge in [-0.3, -0.25) is 10.1 Å². The van der Waals surface area contributed by atoms with E-state index in [1.807, 2.05) is 30.3 Å². The average Bonchev–Trinajstić information content (AvgIpc) is 3.10. The van der Waals surface area contributed by atoms with Crippen LogP contribution in [-0.4, -0.2) is 49.6 Å². The number of carbonyl (C=O) groups is 1. The number of benzene rings is 1. The van der Waals surface area contributed by atoms with Crippen molar-refractivity contribution in [1.82, 2.24) is 16.0 Å². The zero-order valence-electron chi connectivity index (χ0n) is 20.7. The highest BCUT2D eigenvalue weighted by molar-refractivity contribution is 6.01. The lowest BCUT2D eigenvalue weighted by atomic mass is 9.71. The Kier molecular flexibility index (Phi) is 9.55. The van der Waals surface area contributed by atoms with Gasteiger partial charge in [-0.25, -0.2) is 0 Å². The lowest BCUT2D eigenvalue weighted by Crippen LogP contribution is -2.47. The van der Waals surface area contributed by atoms with Gasteiger partial charge >= 0.3 is 6.18 Å². The summed E-state index contributed by atoms with van der Waals surface area (Å²) in [4.78, 5) is 13.5. The summed E-state index contributed by atoms with van der Waals surface area (Å²) in [6, 6.07) is 7.93. The molecule has 0 aliphatic heterocycles. The quantitative estimate of drug-likeness (QED) is 0.242. The summed E-state index contributed by atoms with van der Waals surface area (Å²) in [5.74, 6) is -0.257. The molecule has 0 saturated heterocycles. The molecule has 0 radical (unpaired) electrons. The maximum absolute atomic E-state index is 13.5. The van der Waals surface area contributed by atoms with Gasteiger partial charge in [-0.2, -0.15) is 13.2 Å². The number of rotatable bonds is 13. The first kappa shape index (κ1) is 27.4. The number of carbonyl (C=O) groups excluding carboxylic acids is 1. The third-order valence-corrected chi connectivity index (χ3v) is 7.15. The monoisotopic (exact) mass is 493 g/mol. The Labute approximate surface area is 206 Å². The molecule has 0 spiro atoms. The van der Waals surface area contributed by atoms with E-state index in [0.29, 0.717) is 18.8 Å². The van der Waals surface area contributed by atoms with Crippen molar-refractivity contribution in [2.24, 2.45) is 5.92 Å². The number of nitrogens with one attached hydrogen (secondary N) is 3. The van der Waals surface area contributed by atoms with Crippen molar-refractivity contribution in [1.29, 1.82) is 0 Å². The van der Waals surface area contributed by atoms with Gasteiger partial charge in [0.05, 0.1) is 12.1 Å². The number of halogens is 3.